The molecule has 0 unspecified atom stereocenters. The highest BCUT2D eigenvalue weighted by molar-refractivity contribution is 6.09. The molecule has 2 N–H and O–H groups in total. The lowest BCUT2D eigenvalue weighted by Crippen LogP contribution is -2.12. The first-order valence-corrected chi connectivity index (χ1v) is 9.62. The van der Waals surface area contributed by atoms with Crippen molar-refractivity contribution in [1.29, 1.82) is 0 Å². The molecule has 0 aliphatic carbocycles. The molecule has 0 radical (unpaired) electrons. The number of methoxy groups -OCH3 is 1. The average Bonchev–Trinajstić information content (AvgIpc) is 2.79. The number of fused-ring (bicyclic) bond motifs is 1. The van der Waals surface area contributed by atoms with Crippen LogP contribution in [0.2, 0.25) is 0 Å². The van der Waals surface area contributed by atoms with Crippen LogP contribution in [0.5, 0.6) is 17.2 Å². The Bertz CT molecular complexity index is 1280. The molecule has 0 spiro atoms. The van der Waals surface area contributed by atoms with Gasteiger partial charge in [-0.3, -0.25) is 14.6 Å². The minimum absolute atomic E-state index is 0.0564. The van der Waals surface area contributed by atoms with E-state index in [1.807, 2.05) is 31.2 Å². The van der Waals surface area contributed by atoms with Crippen LogP contribution in [0.1, 0.15) is 31.8 Å². The van der Waals surface area contributed by atoms with Crippen molar-refractivity contribution in [3.8, 4) is 17.2 Å². The van der Waals surface area contributed by atoms with Crippen molar-refractivity contribution < 1.29 is 19.1 Å². The Morgan fingerprint density at radius 2 is 1.52 bits per heavy atom. The second-order valence-electron chi connectivity index (χ2n) is 7.06. The number of primary amides is 1. The third-order valence-electron chi connectivity index (χ3n) is 4.95. The third-order valence-corrected chi connectivity index (χ3v) is 4.95. The maximum atomic E-state index is 12.7. The van der Waals surface area contributed by atoms with Crippen LogP contribution in [0.25, 0.3) is 10.9 Å². The van der Waals surface area contributed by atoms with Crippen LogP contribution in [-0.2, 0) is 0 Å². The number of aryl methyl sites for hydroxylation is 1. The van der Waals surface area contributed by atoms with Gasteiger partial charge in [-0.25, -0.2) is 0 Å². The normalized spacial score (nSPS) is 10.6. The highest BCUT2D eigenvalue weighted by Crippen LogP contribution is 2.33. The molecule has 0 fully saturated rings. The number of pyridine rings is 1. The number of nitrogens with two attached hydrogens (primary N) is 1. The minimum Gasteiger partial charge on any atom is -0.496 e. The van der Waals surface area contributed by atoms with E-state index in [1.54, 1.807) is 48.7 Å². The van der Waals surface area contributed by atoms with E-state index >= 15 is 0 Å². The lowest BCUT2D eigenvalue weighted by Gasteiger charge is -2.12. The molecule has 0 bridgehead atoms. The molecule has 1 amide bonds. The lowest BCUT2D eigenvalue weighted by molar-refractivity contribution is 0.0996. The highest BCUT2D eigenvalue weighted by Gasteiger charge is 2.15. The Kier molecular flexibility index (Phi) is 5.37. The average molecular weight is 412 g/mol. The van der Waals surface area contributed by atoms with E-state index in [1.165, 1.54) is 7.11 Å². The Labute approximate surface area is 179 Å². The monoisotopic (exact) mass is 412 g/mol. The van der Waals surface area contributed by atoms with Crippen molar-refractivity contribution in [2.75, 3.05) is 7.11 Å². The first-order valence-electron chi connectivity index (χ1n) is 9.62. The molecular weight excluding hydrogens is 392 g/mol. The summed E-state index contributed by atoms with van der Waals surface area (Å²) in [7, 11) is 1.47. The molecule has 3 aromatic carbocycles. The Hall–Kier alpha value is -4.19. The number of ether oxygens (including phenoxy) is 2. The quantitative estimate of drug-likeness (QED) is 0.465. The Morgan fingerprint density at radius 3 is 2.13 bits per heavy atom. The van der Waals surface area contributed by atoms with Gasteiger partial charge in [-0.1, -0.05) is 29.8 Å². The number of carbonyl (C=O) groups excluding carboxylic acids is 2. The molecule has 4 rings (SSSR count). The molecule has 154 valence electrons. The largest absolute Gasteiger partial charge is 0.496 e. The second-order valence-corrected chi connectivity index (χ2v) is 7.06. The number of hydrogen-bond donors (Lipinski definition) is 1. The van der Waals surface area contributed by atoms with Crippen LogP contribution in [0.4, 0.5) is 0 Å². The first kappa shape index (κ1) is 20.1. The fourth-order valence-corrected chi connectivity index (χ4v) is 3.27. The topological polar surface area (TPSA) is 91.5 Å². The smallest absolute Gasteiger partial charge is 0.252 e. The molecule has 0 aliphatic rings. The number of aromatic nitrogens is 1. The molecule has 0 aliphatic heterocycles. The minimum atomic E-state index is -0.604. The van der Waals surface area contributed by atoms with E-state index in [0.29, 0.717) is 39.3 Å². The van der Waals surface area contributed by atoms with Crippen molar-refractivity contribution in [2.45, 2.75) is 6.92 Å². The van der Waals surface area contributed by atoms with Crippen LogP contribution in [0.3, 0.4) is 0 Å². The predicted molar refractivity (Wildman–Crippen MR) is 118 cm³/mol. The summed E-state index contributed by atoms with van der Waals surface area (Å²) >= 11 is 0. The maximum absolute atomic E-state index is 12.7. The fraction of sp³-hybridized carbons (Fsp3) is 0.0800. The molecule has 31 heavy (non-hydrogen) atoms. The van der Waals surface area contributed by atoms with Gasteiger partial charge in [0.15, 0.2) is 5.78 Å². The van der Waals surface area contributed by atoms with Crippen LogP contribution >= 0.6 is 0 Å². The lowest BCUT2D eigenvalue weighted by atomic mass is 10.0. The van der Waals surface area contributed by atoms with Crippen LogP contribution in [0, 0.1) is 6.92 Å². The number of nitrogens with zero attached hydrogens (tertiary/aromatic N) is 1. The van der Waals surface area contributed by atoms with Crippen molar-refractivity contribution >= 4 is 22.6 Å². The van der Waals surface area contributed by atoms with Crippen molar-refractivity contribution in [3.05, 3.63) is 95.2 Å². The predicted octanol–water partition coefficient (Wildman–Crippen LogP) is 4.67. The molecule has 6 nitrogen and oxygen atoms in total. The molecule has 1 aromatic heterocycles. The number of carbonyl (C=O) groups is 2. The highest BCUT2D eigenvalue weighted by atomic mass is 16.5. The van der Waals surface area contributed by atoms with Gasteiger partial charge in [-0.2, -0.15) is 0 Å². The molecule has 0 atom stereocenters. The molecule has 4 aromatic rings. The van der Waals surface area contributed by atoms with Gasteiger partial charge in [0.1, 0.15) is 17.2 Å². The maximum Gasteiger partial charge on any atom is 0.252 e. The van der Waals surface area contributed by atoms with Gasteiger partial charge in [0.05, 0.1) is 18.2 Å². The molecule has 0 saturated heterocycles. The molecule has 1 heterocycles. The Morgan fingerprint density at radius 1 is 0.871 bits per heavy atom. The van der Waals surface area contributed by atoms with Gasteiger partial charge < -0.3 is 15.2 Å². The summed E-state index contributed by atoms with van der Waals surface area (Å²) in [5.41, 5.74) is 8.61. The van der Waals surface area contributed by atoms with Gasteiger partial charge in [0.2, 0.25) is 0 Å². The number of amides is 1. The summed E-state index contributed by atoms with van der Waals surface area (Å²) in [6, 6.07) is 19.3. The summed E-state index contributed by atoms with van der Waals surface area (Å²) < 4.78 is 11.2. The van der Waals surface area contributed by atoms with Gasteiger partial charge in [0, 0.05) is 28.8 Å². The van der Waals surface area contributed by atoms with Crippen LogP contribution in [-0.4, -0.2) is 23.8 Å². The van der Waals surface area contributed by atoms with Crippen molar-refractivity contribution in [3.63, 3.8) is 0 Å². The second kappa shape index (κ2) is 8.28. The van der Waals surface area contributed by atoms with Crippen molar-refractivity contribution in [2.24, 2.45) is 5.73 Å². The SMILES string of the molecule is COc1cc2nccc(Oc3ccc(C(=O)c4ccc(C)cc4)cc3)c2cc1C(N)=O. The van der Waals surface area contributed by atoms with E-state index in [4.69, 9.17) is 15.2 Å². The summed E-state index contributed by atoms with van der Waals surface area (Å²) in [6.45, 7) is 1.98. The van der Waals surface area contributed by atoms with Crippen LogP contribution < -0.4 is 15.2 Å². The fourth-order valence-electron chi connectivity index (χ4n) is 3.27. The molecule has 0 saturated carbocycles. The zero-order valence-corrected chi connectivity index (χ0v) is 17.1. The summed E-state index contributed by atoms with van der Waals surface area (Å²) in [5, 5.41) is 0.622. The van der Waals surface area contributed by atoms with Gasteiger partial charge in [-0.05, 0) is 43.3 Å². The third kappa shape index (κ3) is 4.09. The van der Waals surface area contributed by atoms with E-state index in [-0.39, 0.29) is 11.3 Å². The first-order chi connectivity index (χ1) is 15.0. The van der Waals surface area contributed by atoms with E-state index < -0.39 is 5.91 Å². The summed E-state index contributed by atoms with van der Waals surface area (Å²) in [5.74, 6) is 0.743. The van der Waals surface area contributed by atoms with Gasteiger partial charge in [0.25, 0.3) is 5.91 Å². The number of ketones is 1. The molecular formula is C25H20N2O4. The number of benzene rings is 3. The van der Waals surface area contributed by atoms with E-state index in [9.17, 15) is 9.59 Å². The number of hydrogen-bond acceptors (Lipinski definition) is 5. The van der Waals surface area contributed by atoms with Crippen LogP contribution in [0.15, 0.2) is 72.9 Å². The summed E-state index contributed by atoms with van der Waals surface area (Å²) in [4.78, 5) is 28.8. The van der Waals surface area contributed by atoms with E-state index in [0.717, 1.165) is 5.56 Å². The molecule has 6 heteroatoms. The Balaban J connectivity index is 1.63. The zero-order chi connectivity index (χ0) is 22.0. The number of rotatable bonds is 6. The zero-order valence-electron chi connectivity index (χ0n) is 17.1. The summed E-state index contributed by atoms with van der Waals surface area (Å²) in [6.07, 6.45) is 1.61. The van der Waals surface area contributed by atoms with Gasteiger partial charge >= 0.3 is 0 Å². The van der Waals surface area contributed by atoms with E-state index in [2.05, 4.69) is 4.98 Å². The van der Waals surface area contributed by atoms with Gasteiger partial charge in [-0.15, -0.1) is 0 Å². The standard InChI is InChI=1S/C25H20N2O4/c1-15-3-5-16(6-4-15)24(28)17-7-9-18(10-8-17)31-22-11-12-27-21-14-23(30-2)20(25(26)29)13-19(21)22/h3-14H,1-2H3,(H2,26,29). The van der Waals surface area contributed by atoms with Crippen molar-refractivity contribution in [1.82, 2.24) is 4.98 Å².